The van der Waals surface area contributed by atoms with E-state index in [1.54, 1.807) is 0 Å². The number of pyridine rings is 2. The van der Waals surface area contributed by atoms with Crippen LogP contribution in [0.15, 0.2) is 97.6 Å². The molecule has 0 spiro atoms. The van der Waals surface area contributed by atoms with Gasteiger partial charge in [-0.3, -0.25) is 9.97 Å². The molecular formula is C26H16N2. The number of aromatic nitrogens is 2. The fourth-order valence-corrected chi connectivity index (χ4v) is 4.26. The summed E-state index contributed by atoms with van der Waals surface area (Å²) in [5.41, 5.74) is 4.84. The van der Waals surface area contributed by atoms with Gasteiger partial charge in [0.15, 0.2) is 0 Å². The van der Waals surface area contributed by atoms with E-state index in [-0.39, 0.29) is 0 Å². The maximum absolute atomic E-state index is 4.14. The Hall–Kier alpha value is -3.78. The maximum atomic E-state index is 4.14. The van der Waals surface area contributed by atoms with Crippen LogP contribution in [0.4, 0.5) is 0 Å². The van der Waals surface area contributed by atoms with Crippen LogP contribution in [-0.2, 0) is 0 Å². The van der Waals surface area contributed by atoms with Crippen LogP contribution in [-0.4, -0.2) is 9.97 Å². The Labute approximate surface area is 162 Å². The lowest BCUT2D eigenvalue weighted by Crippen LogP contribution is -1.87. The molecule has 0 amide bonds. The van der Waals surface area contributed by atoms with E-state index in [0.29, 0.717) is 0 Å². The average Bonchev–Trinajstić information content (AvgIpc) is 2.78. The van der Waals surface area contributed by atoms with Crippen LogP contribution in [0.25, 0.3) is 54.6 Å². The summed E-state index contributed by atoms with van der Waals surface area (Å²) < 4.78 is 0. The van der Waals surface area contributed by atoms with Crippen LogP contribution in [0, 0.1) is 0 Å². The van der Waals surface area contributed by atoms with Gasteiger partial charge in [0.05, 0.1) is 0 Å². The van der Waals surface area contributed by atoms with Gasteiger partial charge in [-0.1, -0.05) is 24.3 Å². The van der Waals surface area contributed by atoms with E-state index >= 15 is 0 Å². The third-order valence-corrected chi connectivity index (χ3v) is 5.56. The first kappa shape index (κ1) is 15.3. The van der Waals surface area contributed by atoms with Crippen molar-refractivity contribution in [2.75, 3.05) is 0 Å². The third-order valence-electron chi connectivity index (χ3n) is 5.56. The summed E-state index contributed by atoms with van der Waals surface area (Å²) in [4.78, 5) is 8.28. The molecule has 6 aromatic rings. The van der Waals surface area contributed by atoms with Crippen molar-refractivity contribution in [2.45, 2.75) is 0 Å². The average molecular weight is 356 g/mol. The van der Waals surface area contributed by atoms with Gasteiger partial charge in [0.25, 0.3) is 0 Å². The summed E-state index contributed by atoms with van der Waals surface area (Å²) in [6.45, 7) is 0. The topological polar surface area (TPSA) is 25.8 Å². The first-order valence-corrected chi connectivity index (χ1v) is 9.40. The Morgan fingerprint density at radius 1 is 0.357 bits per heavy atom. The lowest BCUT2D eigenvalue weighted by atomic mass is 9.90. The molecule has 0 aliphatic rings. The summed E-state index contributed by atoms with van der Waals surface area (Å²) in [5.74, 6) is 0. The molecule has 0 saturated carbocycles. The first-order chi connectivity index (χ1) is 13.9. The number of rotatable bonds is 2. The molecule has 0 fully saturated rings. The highest BCUT2D eigenvalue weighted by atomic mass is 14.6. The second-order valence-electron chi connectivity index (χ2n) is 7.20. The minimum atomic E-state index is 1.19. The Kier molecular flexibility index (Phi) is 3.20. The highest BCUT2D eigenvalue weighted by molar-refractivity contribution is 6.24. The third kappa shape index (κ3) is 2.28. The minimum Gasteiger partial charge on any atom is -0.265 e. The van der Waals surface area contributed by atoms with Crippen molar-refractivity contribution in [3.8, 4) is 22.3 Å². The van der Waals surface area contributed by atoms with Crippen molar-refractivity contribution >= 4 is 32.3 Å². The molecule has 4 aromatic carbocycles. The summed E-state index contributed by atoms with van der Waals surface area (Å²) in [5, 5.41) is 7.79. The second kappa shape index (κ2) is 5.86. The molecule has 2 heteroatoms. The van der Waals surface area contributed by atoms with Gasteiger partial charge in [0.2, 0.25) is 0 Å². The number of benzene rings is 4. The van der Waals surface area contributed by atoms with Gasteiger partial charge >= 0.3 is 0 Å². The van der Waals surface area contributed by atoms with Crippen molar-refractivity contribution in [3.05, 3.63) is 97.6 Å². The number of hydrogen-bond acceptors (Lipinski definition) is 2. The van der Waals surface area contributed by atoms with Gasteiger partial charge in [-0.25, -0.2) is 0 Å². The Bertz CT molecular complexity index is 1260. The fraction of sp³-hybridized carbons (Fsp3) is 0. The van der Waals surface area contributed by atoms with Crippen LogP contribution >= 0.6 is 0 Å². The van der Waals surface area contributed by atoms with Crippen LogP contribution in [0.1, 0.15) is 0 Å². The largest absolute Gasteiger partial charge is 0.265 e. The number of nitrogens with zero attached hydrogens (tertiary/aromatic N) is 2. The van der Waals surface area contributed by atoms with Crippen LogP contribution in [0.5, 0.6) is 0 Å². The molecule has 0 aliphatic heterocycles. The van der Waals surface area contributed by atoms with Crippen molar-refractivity contribution in [2.24, 2.45) is 0 Å². The normalized spacial score (nSPS) is 11.6. The smallest absolute Gasteiger partial charge is 0.0273 e. The Morgan fingerprint density at radius 3 is 1.00 bits per heavy atom. The van der Waals surface area contributed by atoms with E-state index in [1.165, 1.54) is 54.6 Å². The molecular weight excluding hydrogens is 340 g/mol. The van der Waals surface area contributed by atoms with E-state index in [0.717, 1.165) is 0 Å². The van der Waals surface area contributed by atoms with E-state index in [4.69, 9.17) is 0 Å². The summed E-state index contributed by atoms with van der Waals surface area (Å²) in [7, 11) is 0. The zero-order valence-corrected chi connectivity index (χ0v) is 15.1. The minimum absolute atomic E-state index is 1.19. The Balaban J connectivity index is 1.65. The van der Waals surface area contributed by atoms with Crippen molar-refractivity contribution in [1.29, 1.82) is 0 Å². The highest BCUT2D eigenvalue weighted by Crippen LogP contribution is 2.39. The van der Waals surface area contributed by atoms with Gasteiger partial charge in [-0.15, -0.1) is 0 Å². The quantitative estimate of drug-likeness (QED) is 0.322. The number of hydrogen-bond donors (Lipinski definition) is 0. The monoisotopic (exact) mass is 356 g/mol. The van der Waals surface area contributed by atoms with Gasteiger partial charge < -0.3 is 0 Å². The second-order valence-corrected chi connectivity index (χ2v) is 7.20. The fourth-order valence-electron chi connectivity index (χ4n) is 4.26. The zero-order chi connectivity index (χ0) is 18.5. The van der Waals surface area contributed by atoms with Gasteiger partial charge in [-0.2, -0.15) is 0 Å². The molecule has 2 nitrogen and oxygen atoms in total. The molecule has 0 aliphatic carbocycles. The molecule has 6 rings (SSSR count). The molecule has 0 bridgehead atoms. The molecule has 0 atom stereocenters. The Morgan fingerprint density at radius 2 is 0.679 bits per heavy atom. The lowest BCUT2D eigenvalue weighted by molar-refractivity contribution is 1.33. The lowest BCUT2D eigenvalue weighted by Gasteiger charge is -2.14. The molecule has 0 radical (unpaired) electrons. The van der Waals surface area contributed by atoms with Gasteiger partial charge in [-0.05, 0) is 103 Å². The predicted octanol–water partition coefficient (Wildman–Crippen LogP) is 6.71. The maximum Gasteiger partial charge on any atom is 0.0273 e. The zero-order valence-electron chi connectivity index (χ0n) is 15.1. The molecule has 0 N–H and O–H groups in total. The SMILES string of the molecule is c1cc(-c2cc3ccc4cc(-c5ccncc5)cc5ccc(c2)c3c45)ccn1. The van der Waals surface area contributed by atoms with Crippen LogP contribution < -0.4 is 0 Å². The van der Waals surface area contributed by atoms with Crippen molar-refractivity contribution < 1.29 is 0 Å². The van der Waals surface area contributed by atoms with Gasteiger partial charge in [0.1, 0.15) is 0 Å². The van der Waals surface area contributed by atoms with E-state index in [9.17, 15) is 0 Å². The standard InChI is InChI=1S/C26H16N2/c1-2-20-14-24(18-7-11-28-12-8-18)16-22-4-3-21-15-23(17-5-9-27-10-6-17)13-19(1)25(21)26(20)22/h1-16H. The summed E-state index contributed by atoms with van der Waals surface area (Å²) in [6.07, 6.45) is 7.39. The molecule has 2 aromatic heterocycles. The molecule has 130 valence electrons. The van der Waals surface area contributed by atoms with E-state index < -0.39 is 0 Å². The van der Waals surface area contributed by atoms with Crippen molar-refractivity contribution in [3.63, 3.8) is 0 Å². The summed E-state index contributed by atoms with van der Waals surface area (Å²) in [6, 6.07) is 26.4. The van der Waals surface area contributed by atoms with Gasteiger partial charge in [0, 0.05) is 24.8 Å². The van der Waals surface area contributed by atoms with Crippen molar-refractivity contribution in [1.82, 2.24) is 9.97 Å². The molecule has 2 heterocycles. The predicted molar refractivity (Wildman–Crippen MR) is 117 cm³/mol. The molecule has 0 unspecified atom stereocenters. The van der Waals surface area contributed by atoms with Crippen LogP contribution in [0.2, 0.25) is 0 Å². The molecule has 28 heavy (non-hydrogen) atoms. The van der Waals surface area contributed by atoms with E-state index in [1.807, 2.05) is 24.8 Å². The van der Waals surface area contributed by atoms with E-state index in [2.05, 4.69) is 82.8 Å². The molecule has 0 saturated heterocycles. The van der Waals surface area contributed by atoms with Crippen LogP contribution in [0.3, 0.4) is 0 Å². The summed E-state index contributed by atoms with van der Waals surface area (Å²) >= 11 is 0. The highest BCUT2D eigenvalue weighted by Gasteiger charge is 2.11. The first-order valence-electron chi connectivity index (χ1n) is 9.40.